The Bertz CT molecular complexity index is 821. The maximum atomic E-state index is 8.36. The maximum absolute atomic E-state index is 8.36. The number of benzene rings is 2. The van der Waals surface area contributed by atoms with E-state index in [0.717, 1.165) is 18.8 Å². The van der Waals surface area contributed by atoms with Crippen molar-refractivity contribution in [3.63, 3.8) is 0 Å². The predicted octanol–water partition coefficient (Wildman–Crippen LogP) is 3.70. The molecule has 5 heteroatoms. The van der Waals surface area contributed by atoms with Gasteiger partial charge in [-0.25, -0.2) is 0 Å². The smallest absolute Gasteiger partial charge is 0.290 e. The first-order chi connectivity index (χ1) is 12.0. The van der Waals surface area contributed by atoms with Crippen molar-refractivity contribution in [2.75, 3.05) is 18.4 Å². The number of hydrogen-bond donors (Lipinski definition) is 3. The SMILES string of the molecule is CC1=Nc2ccc3cc(NC4CCNC4)ccc3c2C1(C)C.O=CO. The van der Waals surface area contributed by atoms with Crippen molar-refractivity contribution >= 4 is 34.3 Å². The molecule has 0 spiro atoms. The molecule has 25 heavy (non-hydrogen) atoms. The number of nitrogens with one attached hydrogen (secondary N) is 2. The van der Waals surface area contributed by atoms with Crippen molar-refractivity contribution in [1.82, 2.24) is 5.32 Å². The van der Waals surface area contributed by atoms with Gasteiger partial charge < -0.3 is 15.7 Å². The van der Waals surface area contributed by atoms with E-state index in [1.54, 1.807) is 0 Å². The van der Waals surface area contributed by atoms with Gasteiger partial charge in [0.15, 0.2) is 0 Å². The molecule has 132 valence electrons. The molecule has 1 fully saturated rings. The third kappa shape index (κ3) is 3.24. The molecule has 2 aliphatic rings. The van der Waals surface area contributed by atoms with Crippen LogP contribution >= 0.6 is 0 Å². The molecule has 0 radical (unpaired) electrons. The molecule has 0 saturated carbocycles. The Labute approximate surface area is 148 Å². The summed E-state index contributed by atoms with van der Waals surface area (Å²) in [6, 6.07) is 11.7. The van der Waals surface area contributed by atoms with Crippen LogP contribution in [0.5, 0.6) is 0 Å². The quantitative estimate of drug-likeness (QED) is 0.730. The molecule has 3 N–H and O–H groups in total. The van der Waals surface area contributed by atoms with Gasteiger partial charge >= 0.3 is 0 Å². The highest BCUT2D eigenvalue weighted by Gasteiger charge is 2.33. The second-order valence-electron chi connectivity index (χ2n) is 7.16. The first kappa shape index (κ1) is 17.4. The number of hydrogen-bond acceptors (Lipinski definition) is 4. The topological polar surface area (TPSA) is 73.7 Å². The van der Waals surface area contributed by atoms with E-state index in [9.17, 15) is 0 Å². The summed E-state index contributed by atoms with van der Waals surface area (Å²) in [5.74, 6) is 0. The molecule has 0 amide bonds. The van der Waals surface area contributed by atoms with Crippen LogP contribution in [0.1, 0.15) is 32.8 Å². The van der Waals surface area contributed by atoms with Crippen LogP contribution in [0, 0.1) is 0 Å². The van der Waals surface area contributed by atoms with Crippen molar-refractivity contribution in [3.05, 3.63) is 35.9 Å². The summed E-state index contributed by atoms with van der Waals surface area (Å²) in [5.41, 5.74) is 4.95. The summed E-state index contributed by atoms with van der Waals surface area (Å²) < 4.78 is 0. The molecular formula is C20H25N3O2. The zero-order valence-electron chi connectivity index (χ0n) is 15.0. The van der Waals surface area contributed by atoms with Gasteiger partial charge in [0.25, 0.3) is 6.47 Å². The van der Waals surface area contributed by atoms with Crippen LogP contribution in [-0.4, -0.2) is 36.4 Å². The number of aliphatic imine (C=N–C) groups is 1. The predicted molar refractivity (Wildman–Crippen MR) is 103 cm³/mol. The Morgan fingerprint density at radius 1 is 1.32 bits per heavy atom. The molecule has 2 heterocycles. The van der Waals surface area contributed by atoms with E-state index in [4.69, 9.17) is 14.9 Å². The third-order valence-electron chi connectivity index (χ3n) is 5.25. The van der Waals surface area contributed by atoms with Gasteiger partial charge in [0.05, 0.1) is 5.69 Å². The Morgan fingerprint density at radius 3 is 2.76 bits per heavy atom. The summed E-state index contributed by atoms with van der Waals surface area (Å²) >= 11 is 0. The number of rotatable bonds is 2. The monoisotopic (exact) mass is 339 g/mol. The number of anilines is 1. The third-order valence-corrected chi connectivity index (χ3v) is 5.25. The standard InChI is InChI=1S/C19H23N3.CH2O2/c1-12-19(2,3)18-16-6-5-14(22-15-8-9-20-11-15)10-13(16)4-7-17(18)21-12;2-1-3/h4-7,10,15,20,22H,8-9,11H2,1-3H3;1H,(H,2,3). The molecule has 0 bridgehead atoms. The Balaban J connectivity index is 0.000000569. The summed E-state index contributed by atoms with van der Waals surface area (Å²) in [7, 11) is 0. The molecule has 4 rings (SSSR count). The lowest BCUT2D eigenvalue weighted by Crippen LogP contribution is -2.23. The number of carboxylic acid groups (broad SMARTS) is 1. The fraction of sp³-hybridized carbons (Fsp3) is 0.400. The summed E-state index contributed by atoms with van der Waals surface area (Å²) in [5, 5.41) is 16.6. The minimum absolute atomic E-state index is 0.0269. The molecular weight excluding hydrogens is 314 g/mol. The van der Waals surface area contributed by atoms with Crippen LogP contribution in [0.3, 0.4) is 0 Å². The van der Waals surface area contributed by atoms with E-state index >= 15 is 0 Å². The molecule has 2 aliphatic heterocycles. The first-order valence-electron chi connectivity index (χ1n) is 8.65. The van der Waals surface area contributed by atoms with Gasteiger partial charge in [-0.1, -0.05) is 26.0 Å². The molecule has 5 nitrogen and oxygen atoms in total. The van der Waals surface area contributed by atoms with Crippen molar-refractivity contribution in [1.29, 1.82) is 0 Å². The Hall–Kier alpha value is -2.40. The largest absolute Gasteiger partial charge is 0.483 e. The van der Waals surface area contributed by atoms with Crippen LogP contribution in [0.25, 0.3) is 10.8 Å². The first-order valence-corrected chi connectivity index (χ1v) is 8.65. The van der Waals surface area contributed by atoms with E-state index in [2.05, 4.69) is 61.7 Å². The molecule has 1 atom stereocenters. The van der Waals surface area contributed by atoms with E-state index in [1.807, 2.05) is 0 Å². The van der Waals surface area contributed by atoms with Crippen molar-refractivity contribution in [2.45, 2.75) is 38.6 Å². The zero-order valence-corrected chi connectivity index (χ0v) is 15.0. The second-order valence-corrected chi connectivity index (χ2v) is 7.16. The number of fused-ring (bicyclic) bond motifs is 3. The van der Waals surface area contributed by atoms with Gasteiger partial charge in [-0.15, -0.1) is 0 Å². The van der Waals surface area contributed by atoms with Crippen LogP contribution in [0.2, 0.25) is 0 Å². The minimum Gasteiger partial charge on any atom is -0.483 e. The van der Waals surface area contributed by atoms with Crippen molar-refractivity contribution in [3.8, 4) is 0 Å². The second kappa shape index (κ2) is 6.84. The highest BCUT2D eigenvalue weighted by molar-refractivity contribution is 6.06. The number of carbonyl (C=O) groups is 1. The van der Waals surface area contributed by atoms with Crippen molar-refractivity contribution < 1.29 is 9.90 Å². The molecule has 2 aromatic rings. The molecule has 0 aliphatic carbocycles. The van der Waals surface area contributed by atoms with Crippen LogP contribution in [0.4, 0.5) is 11.4 Å². The fourth-order valence-corrected chi connectivity index (χ4v) is 3.67. The average molecular weight is 339 g/mol. The van der Waals surface area contributed by atoms with E-state index in [1.165, 1.54) is 34.2 Å². The molecule has 0 aromatic heterocycles. The highest BCUT2D eigenvalue weighted by atomic mass is 16.3. The Kier molecular flexibility index (Phi) is 4.77. The van der Waals surface area contributed by atoms with Gasteiger partial charge in [-0.2, -0.15) is 0 Å². The molecule has 1 saturated heterocycles. The van der Waals surface area contributed by atoms with Crippen LogP contribution in [-0.2, 0) is 10.2 Å². The van der Waals surface area contributed by atoms with Gasteiger partial charge in [-0.3, -0.25) is 9.79 Å². The fourth-order valence-electron chi connectivity index (χ4n) is 3.67. The average Bonchev–Trinajstić information content (AvgIpc) is 3.15. The zero-order chi connectivity index (χ0) is 18.0. The lowest BCUT2D eigenvalue weighted by molar-refractivity contribution is -0.122. The van der Waals surface area contributed by atoms with Gasteiger partial charge in [0.1, 0.15) is 0 Å². The lowest BCUT2D eigenvalue weighted by atomic mass is 9.79. The summed E-state index contributed by atoms with van der Waals surface area (Å²) in [6.07, 6.45) is 1.20. The number of nitrogens with zero attached hydrogens (tertiary/aromatic N) is 1. The Morgan fingerprint density at radius 2 is 2.08 bits per heavy atom. The van der Waals surface area contributed by atoms with Crippen LogP contribution in [0.15, 0.2) is 35.3 Å². The summed E-state index contributed by atoms with van der Waals surface area (Å²) in [6.45, 7) is 8.60. The van der Waals surface area contributed by atoms with E-state index < -0.39 is 0 Å². The van der Waals surface area contributed by atoms with Crippen molar-refractivity contribution in [2.24, 2.45) is 4.99 Å². The van der Waals surface area contributed by atoms with Gasteiger partial charge in [-0.05, 0) is 54.4 Å². The molecule has 1 unspecified atom stereocenters. The van der Waals surface area contributed by atoms with E-state index in [0.29, 0.717) is 6.04 Å². The van der Waals surface area contributed by atoms with E-state index in [-0.39, 0.29) is 11.9 Å². The normalized spacial score (nSPS) is 20.4. The minimum atomic E-state index is -0.250. The highest BCUT2D eigenvalue weighted by Crippen LogP contribution is 2.44. The lowest BCUT2D eigenvalue weighted by Gasteiger charge is -2.22. The summed E-state index contributed by atoms with van der Waals surface area (Å²) in [4.78, 5) is 13.1. The maximum Gasteiger partial charge on any atom is 0.290 e. The van der Waals surface area contributed by atoms with Gasteiger partial charge in [0.2, 0.25) is 0 Å². The van der Waals surface area contributed by atoms with Crippen LogP contribution < -0.4 is 10.6 Å². The van der Waals surface area contributed by atoms with Gasteiger partial charge in [0, 0.05) is 29.4 Å². The molecule has 2 aromatic carbocycles.